The SMILES string of the molecule is CCCN(CC1CC1)C(=O)CCc1cccc(N)c1. The second-order valence-corrected chi connectivity index (χ2v) is 5.53. The molecule has 0 atom stereocenters. The minimum atomic E-state index is 0.288. The first-order valence-corrected chi connectivity index (χ1v) is 7.31. The van der Waals surface area contributed by atoms with Crippen LogP contribution in [0.1, 0.15) is 38.2 Å². The van der Waals surface area contributed by atoms with E-state index >= 15 is 0 Å². The average Bonchev–Trinajstić information content (AvgIpc) is 3.19. The highest BCUT2D eigenvalue weighted by atomic mass is 16.2. The maximum atomic E-state index is 12.2. The van der Waals surface area contributed by atoms with Crippen molar-refractivity contribution in [3.63, 3.8) is 0 Å². The smallest absolute Gasteiger partial charge is 0.222 e. The molecule has 0 saturated heterocycles. The summed E-state index contributed by atoms with van der Waals surface area (Å²) in [5, 5.41) is 0. The van der Waals surface area contributed by atoms with E-state index in [9.17, 15) is 4.79 Å². The number of anilines is 1. The van der Waals surface area contributed by atoms with Gasteiger partial charge >= 0.3 is 0 Å². The molecule has 3 nitrogen and oxygen atoms in total. The zero-order chi connectivity index (χ0) is 13.7. The molecule has 0 aromatic heterocycles. The lowest BCUT2D eigenvalue weighted by molar-refractivity contribution is -0.131. The fourth-order valence-electron chi connectivity index (χ4n) is 2.36. The number of aryl methyl sites for hydroxylation is 1. The molecule has 1 amide bonds. The summed E-state index contributed by atoms with van der Waals surface area (Å²) in [6.45, 7) is 3.99. The molecule has 0 spiro atoms. The number of hydrogen-bond donors (Lipinski definition) is 1. The molecule has 3 heteroatoms. The van der Waals surface area contributed by atoms with E-state index in [4.69, 9.17) is 5.73 Å². The Kier molecular flexibility index (Phi) is 4.83. The molecular formula is C16H24N2O. The number of amides is 1. The largest absolute Gasteiger partial charge is 0.399 e. The van der Waals surface area contributed by atoms with Crippen LogP contribution in [0.25, 0.3) is 0 Å². The van der Waals surface area contributed by atoms with Crippen LogP contribution in [0, 0.1) is 5.92 Å². The van der Waals surface area contributed by atoms with Crippen LogP contribution >= 0.6 is 0 Å². The molecule has 0 bridgehead atoms. The van der Waals surface area contributed by atoms with Gasteiger partial charge in [0.05, 0.1) is 0 Å². The molecule has 1 aromatic rings. The predicted octanol–water partition coefficient (Wildman–Crippen LogP) is 2.85. The Hall–Kier alpha value is -1.51. The number of nitrogens with two attached hydrogens (primary N) is 1. The molecular weight excluding hydrogens is 236 g/mol. The molecule has 1 aliphatic carbocycles. The standard InChI is InChI=1S/C16H24N2O/c1-2-10-18(12-14-6-7-14)16(19)9-8-13-4-3-5-15(17)11-13/h3-5,11,14H,2,6-10,12,17H2,1H3. The van der Waals surface area contributed by atoms with E-state index in [1.165, 1.54) is 12.8 Å². The van der Waals surface area contributed by atoms with Gasteiger partial charge in [-0.05, 0) is 49.3 Å². The third-order valence-electron chi connectivity index (χ3n) is 3.60. The van der Waals surface area contributed by atoms with E-state index in [0.29, 0.717) is 6.42 Å². The Morgan fingerprint density at radius 3 is 2.84 bits per heavy atom. The Labute approximate surface area is 115 Å². The molecule has 1 aliphatic rings. The van der Waals surface area contributed by atoms with Crippen molar-refractivity contribution in [1.82, 2.24) is 4.90 Å². The van der Waals surface area contributed by atoms with Crippen LogP contribution in [0.3, 0.4) is 0 Å². The van der Waals surface area contributed by atoms with Crippen molar-refractivity contribution in [2.45, 2.75) is 39.0 Å². The van der Waals surface area contributed by atoms with Gasteiger partial charge in [-0.3, -0.25) is 4.79 Å². The lowest BCUT2D eigenvalue weighted by Gasteiger charge is -2.22. The van der Waals surface area contributed by atoms with Crippen LogP contribution < -0.4 is 5.73 Å². The van der Waals surface area contributed by atoms with E-state index < -0.39 is 0 Å². The second-order valence-electron chi connectivity index (χ2n) is 5.53. The molecule has 0 unspecified atom stereocenters. The van der Waals surface area contributed by atoms with Crippen molar-refractivity contribution in [3.05, 3.63) is 29.8 Å². The lowest BCUT2D eigenvalue weighted by atomic mass is 10.1. The van der Waals surface area contributed by atoms with Crippen LogP contribution in [0.4, 0.5) is 5.69 Å². The first-order valence-electron chi connectivity index (χ1n) is 7.31. The van der Waals surface area contributed by atoms with Gasteiger partial charge in [0.15, 0.2) is 0 Å². The monoisotopic (exact) mass is 260 g/mol. The van der Waals surface area contributed by atoms with Crippen LogP contribution in [0.15, 0.2) is 24.3 Å². The van der Waals surface area contributed by atoms with Crippen molar-refractivity contribution < 1.29 is 4.79 Å². The van der Waals surface area contributed by atoms with Gasteiger partial charge in [-0.2, -0.15) is 0 Å². The number of benzene rings is 1. The van der Waals surface area contributed by atoms with Gasteiger partial charge < -0.3 is 10.6 Å². The van der Waals surface area contributed by atoms with Crippen LogP contribution in [-0.4, -0.2) is 23.9 Å². The highest BCUT2D eigenvalue weighted by molar-refractivity contribution is 5.76. The zero-order valence-electron chi connectivity index (χ0n) is 11.8. The van der Waals surface area contributed by atoms with Gasteiger partial charge in [-0.25, -0.2) is 0 Å². The summed E-state index contributed by atoms with van der Waals surface area (Å²) in [7, 11) is 0. The van der Waals surface area contributed by atoms with Gasteiger partial charge in [0.2, 0.25) is 5.91 Å². The van der Waals surface area contributed by atoms with E-state index in [-0.39, 0.29) is 5.91 Å². The highest BCUT2D eigenvalue weighted by Gasteiger charge is 2.26. The third-order valence-corrected chi connectivity index (χ3v) is 3.60. The molecule has 0 radical (unpaired) electrons. The molecule has 0 aliphatic heterocycles. The first kappa shape index (κ1) is 13.9. The summed E-state index contributed by atoms with van der Waals surface area (Å²) in [6, 6.07) is 7.82. The quantitative estimate of drug-likeness (QED) is 0.766. The predicted molar refractivity (Wildman–Crippen MR) is 78.8 cm³/mol. The van der Waals surface area contributed by atoms with Crippen molar-refractivity contribution in [2.75, 3.05) is 18.8 Å². The number of rotatable bonds is 7. The van der Waals surface area contributed by atoms with E-state index in [0.717, 1.165) is 43.1 Å². The van der Waals surface area contributed by atoms with Crippen LogP contribution in [0.2, 0.25) is 0 Å². The molecule has 1 saturated carbocycles. The molecule has 1 fully saturated rings. The van der Waals surface area contributed by atoms with Gasteiger partial charge in [-0.15, -0.1) is 0 Å². The fraction of sp³-hybridized carbons (Fsp3) is 0.562. The van der Waals surface area contributed by atoms with E-state index in [1.54, 1.807) is 0 Å². The van der Waals surface area contributed by atoms with E-state index in [2.05, 4.69) is 6.92 Å². The highest BCUT2D eigenvalue weighted by Crippen LogP contribution is 2.30. The Balaban J connectivity index is 1.83. The minimum absolute atomic E-state index is 0.288. The van der Waals surface area contributed by atoms with Crippen LogP contribution in [-0.2, 0) is 11.2 Å². The summed E-state index contributed by atoms with van der Waals surface area (Å²) in [6.07, 6.45) is 5.01. The molecule has 2 rings (SSSR count). The number of nitrogen functional groups attached to an aromatic ring is 1. The van der Waals surface area contributed by atoms with Gasteiger partial charge in [-0.1, -0.05) is 19.1 Å². The second kappa shape index (κ2) is 6.60. The maximum Gasteiger partial charge on any atom is 0.222 e. The summed E-state index contributed by atoms with van der Waals surface area (Å²) < 4.78 is 0. The topological polar surface area (TPSA) is 46.3 Å². The molecule has 104 valence electrons. The number of hydrogen-bond acceptors (Lipinski definition) is 2. The van der Waals surface area contributed by atoms with Gasteiger partial charge in [0.25, 0.3) is 0 Å². The summed E-state index contributed by atoms with van der Waals surface area (Å²) in [5.41, 5.74) is 7.67. The van der Waals surface area contributed by atoms with Crippen molar-refractivity contribution in [1.29, 1.82) is 0 Å². The van der Waals surface area contributed by atoms with Crippen molar-refractivity contribution in [3.8, 4) is 0 Å². The normalized spacial score (nSPS) is 14.4. The number of nitrogens with zero attached hydrogens (tertiary/aromatic N) is 1. The molecule has 1 aromatic carbocycles. The number of carbonyl (C=O) groups excluding carboxylic acids is 1. The van der Waals surface area contributed by atoms with Crippen molar-refractivity contribution >= 4 is 11.6 Å². The fourth-order valence-corrected chi connectivity index (χ4v) is 2.36. The molecule has 2 N–H and O–H groups in total. The third kappa shape index (κ3) is 4.58. The number of carbonyl (C=O) groups is 1. The first-order chi connectivity index (χ1) is 9.19. The zero-order valence-corrected chi connectivity index (χ0v) is 11.8. The summed E-state index contributed by atoms with van der Waals surface area (Å²) in [5.74, 6) is 1.05. The Morgan fingerprint density at radius 2 is 2.21 bits per heavy atom. The van der Waals surface area contributed by atoms with Gasteiger partial charge in [0, 0.05) is 25.2 Å². The molecule has 19 heavy (non-hydrogen) atoms. The average molecular weight is 260 g/mol. The minimum Gasteiger partial charge on any atom is -0.399 e. The van der Waals surface area contributed by atoms with Crippen molar-refractivity contribution in [2.24, 2.45) is 5.92 Å². The van der Waals surface area contributed by atoms with Gasteiger partial charge in [0.1, 0.15) is 0 Å². The molecule has 0 heterocycles. The Bertz CT molecular complexity index is 427. The summed E-state index contributed by atoms with van der Waals surface area (Å²) >= 11 is 0. The summed E-state index contributed by atoms with van der Waals surface area (Å²) in [4.78, 5) is 14.3. The van der Waals surface area contributed by atoms with E-state index in [1.807, 2.05) is 29.2 Å². The van der Waals surface area contributed by atoms with Crippen LogP contribution in [0.5, 0.6) is 0 Å². The lowest BCUT2D eigenvalue weighted by Crippen LogP contribution is -2.33. The maximum absolute atomic E-state index is 12.2. The Morgan fingerprint density at radius 1 is 1.42 bits per heavy atom.